The SMILES string of the molecule is CN1CCCN(c2nc(CCC(=O)[C@@H]3CCCN3S(=O)(=O)c3ccc(F)cc3)cc(-c3ccc(C(F)(F)F)cc3)n2)CC1. The average Bonchev–Trinajstić information content (AvgIpc) is 3.39. The summed E-state index contributed by atoms with van der Waals surface area (Å²) in [5.74, 6) is -0.368. The minimum absolute atomic E-state index is 0.0196. The zero-order chi connectivity index (χ0) is 30.8. The van der Waals surface area contributed by atoms with Gasteiger partial charge in [-0.25, -0.2) is 22.8 Å². The van der Waals surface area contributed by atoms with Crippen LogP contribution in [0.4, 0.5) is 23.5 Å². The maximum atomic E-state index is 13.4. The number of likely N-dealkylation sites (N-methyl/N-ethyl adjacent to an activating group) is 1. The van der Waals surface area contributed by atoms with Crippen LogP contribution in [0.3, 0.4) is 0 Å². The Labute approximate surface area is 248 Å². The number of alkyl halides is 3. The number of ketones is 1. The first kappa shape index (κ1) is 31.0. The molecule has 3 heterocycles. The van der Waals surface area contributed by atoms with Gasteiger partial charge in [0.15, 0.2) is 5.78 Å². The van der Waals surface area contributed by atoms with Crippen LogP contribution in [0.25, 0.3) is 11.3 Å². The van der Waals surface area contributed by atoms with Crippen LogP contribution in [-0.4, -0.2) is 79.2 Å². The van der Waals surface area contributed by atoms with Crippen molar-refractivity contribution < 1.29 is 30.8 Å². The molecule has 0 bridgehead atoms. The van der Waals surface area contributed by atoms with Crippen molar-refractivity contribution in [2.75, 3.05) is 44.7 Å². The summed E-state index contributed by atoms with van der Waals surface area (Å²) in [5.41, 5.74) is 0.712. The number of sulfonamides is 1. The summed E-state index contributed by atoms with van der Waals surface area (Å²) < 4.78 is 80.5. The van der Waals surface area contributed by atoms with Gasteiger partial charge in [0.2, 0.25) is 16.0 Å². The van der Waals surface area contributed by atoms with Gasteiger partial charge in [0.1, 0.15) is 5.82 Å². The van der Waals surface area contributed by atoms with Gasteiger partial charge in [0, 0.05) is 43.9 Å². The number of benzene rings is 2. The molecule has 0 aliphatic carbocycles. The third kappa shape index (κ3) is 7.22. The Kier molecular flexibility index (Phi) is 9.14. The molecule has 0 unspecified atom stereocenters. The quantitative estimate of drug-likeness (QED) is 0.335. The number of carbonyl (C=O) groups excluding carboxylic acids is 1. The Morgan fingerprint density at radius 1 is 0.930 bits per heavy atom. The third-order valence-electron chi connectivity index (χ3n) is 7.90. The van der Waals surface area contributed by atoms with Crippen molar-refractivity contribution in [3.05, 3.63) is 71.7 Å². The van der Waals surface area contributed by atoms with Crippen LogP contribution in [0.2, 0.25) is 0 Å². The molecule has 5 rings (SSSR count). The van der Waals surface area contributed by atoms with Crippen LogP contribution in [0, 0.1) is 5.82 Å². The van der Waals surface area contributed by atoms with Gasteiger partial charge in [0.25, 0.3) is 0 Å². The second-order valence-corrected chi connectivity index (χ2v) is 12.8. The van der Waals surface area contributed by atoms with Gasteiger partial charge in [-0.3, -0.25) is 4.79 Å². The molecule has 0 saturated carbocycles. The second-order valence-electron chi connectivity index (χ2n) is 11.0. The predicted octanol–water partition coefficient (Wildman–Crippen LogP) is 4.80. The van der Waals surface area contributed by atoms with Gasteiger partial charge < -0.3 is 9.80 Å². The van der Waals surface area contributed by atoms with Crippen molar-refractivity contribution in [2.24, 2.45) is 0 Å². The topological polar surface area (TPSA) is 86.7 Å². The highest BCUT2D eigenvalue weighted by atomic mass is 32.2. The number of nitrogens with zero attached hydrogens (tertiary/aromatic N) is 5. The van der Waals surface area contributed by atoms with Crippen LogP contribution in [0.1, 0.15) is 36.9 Å². The first-order valence-electron chi connectivity index (χ1n) is 14.2. The number of anilines is 1. The fourth-order valence-electron chi connectivity index (χ4n) is 5.49. The Morgan fingerprint density at radius 2 is 1.65 bits per heavy atom. The van der Waals surface area contributed by atoms with Crippen LogP contribution >= 0.6 is 0 Å². The minimum atomic E-state index is -4.46. The van der Waals surface area contributed by atoms with Gasteiger partial charge in [0.05, 0.1) is 22.2 Å². The molecule has 2 aromatic carbocycles. The maximum absolute atomic E-state index is 13.4. The van der Waals surface area contributed by atoms with Gasteiger partial charge in [-0.1, -0.05) is 12.1 Å². The van der Waals surface area contributed by atoms with Crippen molar-refractivity contribution in [1.29, 1.82) is 0 Å². The molecule has 13 heteroatoms. The summed E-state index contributed by atoms with van der Waals surface area (Å²) in [6, 6.07) is 10.1. The van der Waals surface area contributed by atoms with E-state index in [0.717, 1.165) is 43.8 Å². The number of aryl methyl sites for hydroxylation is 1. The Morgan fingerprint density at radius 3 is 2.35 bits per heavy atom. The molecule has 3 aromatic rings. The number of hydrogen-bond acceptors (Lipinski definition) is 7. The molecule has 0 N–H and O–H groups in total. The lowest BCUT2D eigenvalue weighted by molar-refractivity contribution is -0.137. The Balaban J connectivity index is 1.38. The predicted molar refractivity (Wildman–Crippen MR) is 153 cm³/mol. The van der Waals surface area contributed by atoms with E-state index >= 15 is 0 Å². The van der Waals surface area contributed by atoms with Crippen LogP contribution in [-0.2, 0) is 27.4 Å². The third-order valence-corrected chi connectivity index (χ3v) is 9.82. The van der Waals surface area contributed by atoms with E-state index in [1.165, 1.54) is 28.6 Å². The zero-order valence-electron chi connectivity index (χ0n) is 23.7. The van der Waals surface area contributed by atoms with Gasteiger partial charge >= 0.3 is 6.18 Å². The summed E-state index contributed by atoms with van der Waals surface area (Å²) in [4.78, 5) is 27.0. The van der Waals surface area contributed by atoms with E-state index in [1.54, 1.807) is 6.07 Å². The first-order valence-corrected chi connectivity index (χ1v) is 15.6. The van der Waals surface area contributed by atoms with E-state index in [2.05, 4.69) is 4.90 Å². The molecule has 1 aromatic heterocycles. The van der Waals surface area contributed by atoms with E-state index in [4.69, 9.17) is 9.97 Å². The summed E-state index contributed by atoms with van der Waals surface area (Å²) >= 11 is 0. The van der Waals surface area contributed by atoms with E-state index < -0.39 is 33.6 Å². The molecule has 2 aliphatic heterocycles. The van der Waals surface area contributed by atoms with E-state index in [1.807, 2.05) is 11.9 Å². The number of hydrogen-bond donors (Lipinski definition) is 0. The van der Waals surface area contributed by atoms with Crippen molar-refractivity contribution in [2.45, 2.75) is 49.2 Å². The van der Waals surface area contributed by atoms with Crippen molar-refractivity contribution in [3.63, 3.8) is 0 Å². The van der Waals surface area contributed by atoms with Crippen LogP contribution < -0.4 is 4.90 Å². The van der Waals surface area contributed by atoms with Crippen molar-refractivity contribution >= 4 is 21.8 Å². The highest BCUT2D eigenvalue weighted by Crippen LogP contribution is 2.32. The molecule has 0 amide bonds. The van der Waals surface area contributed by atoms with E-state index in [0.29, 0.717) is 48.8 Å². The van der Waals surface area contributed by atoms with E-state index in [9.17, 15) is 30.8 Å². The normalized spacial score (nSPS) is 19.0. The first-order chi connectivity index (χ1) is 20.4. The van der Waals surface area contributed by atoms with Gasteiger partial charge in [-0.05, 0) is 81.7 Å². The zero-order valence-corrected chi connectivity index (χ0v) is 24.5. The fourth-order valence-corrected chi connectivity index (χ4v) is 7.17. The average molecular weight is 620 g/mol. The summed E-state index contributed by atoms with van der Waals surface area (Å²) in [7, 11) is -1.96. The summed E-state index contributed by atoms with van der Waals surface area (Å²) in [6.07, 6.45) is -2.44. The monoisotopic (exact) mass is 619 g/mol. The summed E-state index contributed by atoms with van der Waals surface area (Å²) in [6.45, 7) is 3.27. The lowest BCUT2D eigenvalue weighted by atomic mass is 10.0. The molecular weight excluding hydrogens is 586 g/mol. The van der Waals surface area contributed by atoms with Gasteiger partial charge in [-0.15, -0.1) is 0 Å². The highest BCUT2D eigenvalue weighted by molar-refractivity contribution is 7.89. The van der Waals surface area contributed by atoms with Gasteiger partial charge in [-0.2, -0.15) is 17.5 Å². The number of aromatic nitrogens is 2. The van der Waals surface area contributed by atoms with Crippen molar-refractivity contribution in [3.8, 4) is 11.3 Å². The number of Topliss-reactive ketones (excluding diaryl/α,β-unsaturated/α-hetero) is 1. The molecule has 2 saturated heterocycles. The lowest BCUT2D eigenvalue weighted by Gasteiger charge is -2.23. The fraction of sp³-hybridized carbons (Fsp3) is 0.433. The molecule has 8 nitrogen and oxygen atoms in total. The largest absolute Gasteiger partial charge is 0.416 e. The summed E-state index contributed by atoms with van der Waals surface area (Å²) in [5, 5.41) is 0. The van der Waals surface area contributed by atoms with Crippen LogP contribution in [0.15, 0.2) is 59.5 Å². The van der Waals surface area contributed by atoms with E-state index in [-0.39, 0.29) is 30.1 Å². The molecule has 0 spiro atoms. The number of rotatable bonds is 8. The van der Waals surface area contributed by atoms with Crippen LogP contribution in [0.5, 0.6) is 0 Å². The molecular formula is C30H33F4N5O3S. The number of carbonyl (C=O) groups is 1. The standard InChI is InChI=1S/C30H33F4N5O3S/c1-37-15-3-16-38(19-18-37)29-35-24(20-26(36-29)21-5-7-22(8-6-21)30(32,33)34)11-14-28(40)27-4-2-17-39(27)43(41,42)25-12-9-23(31)10-13-25/h5-10,12-13,20,27H,2-4,11,14-19H2,1H3/t27-/m0/s1. The maximum Gasteiger partial charge on any atom is 0.416 e. The lowest BCUT2D eigenvalue weighted by Crippen LogP contribution is -2.40. The molecule has 1 atom stereocenters. The molecule has 2 aliphatic rings. The minimum Gasteiger partial charge on any atom is -0.339 e. The molecule has 2 fully saturated rings. The second kappa shape index (κ2) is 12.7. The molecule has 43 heavy (non-hydrogen) atoms. The highest BCUT2D eigenvalue weighted by Gasteiger charge is 2.39. The van der Waals surface area contributed by atoms with Crippen molar-refractivity contribution in [1.82, 2.24) is 19.2 Å². The number of halogens is 4. The Bertz CT molecular complexity index is 1550. The smallest absolute Gasteiger partial charge is 0.339 e. The Hall–Kier alpha value is -3.42. The molecule has 230 valence electrons. The molecule has 0 radical (unpaired) electrons.